The van der Waals surface area contributed by atoms with Crippen molar-refractivity contribution in [2.75, 3.05) is 33.4 Å². The zero-order chi connectivity index (χ0) is 8.53. The van der Waals surface area contributed by atoms with Crippen LogP contribution in [-0.4, -0.2) is 39.4 Å². The molecule has 0 radical (unpaired) electrons. The Labute approximate surface area is 72.5 Å². The second-order valence-corrected chi connectivity index (χ2v) is 2.82. The number of ether oxygens (including phenoxy) is 1. The van der Waals surface area contributed by atoms with E-state index in [2.05, 4.69) is 24.5 Å². The van der Waals surface area contributed by atoms with E-state index in [1.807, 2.05) is 7.05 Å². The van der Waals surface area contributed by atoms with Crippen LogP contribution < -0.4 is 10.6 Å². The van der Waals surface area contributed by atoms with Crippen molar-refractivity contribution < 1.29 is 7.59 Å². The predicted molar refractivity (Wildman–Crippen MR) is 52.1 cm³/mol. The summed E-state index contributed by atoms with van der Waals surface area (Å²) < 4.78 is 5.30. The molecular formula is C8H24N2O. The maximum atomic E-state index is 5.30. The lowest BCUT2D eigenvalue weighted by Crippen LogP contribution is -2.27. The molecule has 2 N–H and O–H groups in total. The largest absolute Gasteiger partial charge is 0.379 e. The molecule has 0 aromatic rings. The van der Waals surface area contributed by atoms with Crippen LogP contribution >= 0.6 is 0 Å². The first-order valence-electron chi connectivity index (χ1n) is 4.23. The van der Waals surface area contributed by atoms with Crippen molar-refractivity contribution in [1.82, 2.24) is 10.6 Å². The summed E-state index contributed by atoms with van der Waals surface area (Å²) in [5.74, 6) is 0. The topological polar surface area (TPSA) is 33.3 Å². The Balaban J connectivity index is -0.000000500. The van der Waals surface area contributed by atoms with Crippen molar-refractivity contribution in [3.63, 3.8) is 0 Å². The molecule has 0 rings (SSSR count). The first-order valence-corrected chi connectivity index (χ1v) is 4.23. The van der Waals surface area contributed by atoms with Gasteiger partial charge >= 0.3 is 0 Å². The zero-order valence-corrected chi connectivity index (χ0v) is 7.81. The summed E-state index contributed by atoms with van der Waals surface area (Å²) in [4.78, 5) is 0. The fourth-order valence-electron chi connectivity index (χ4n) is 0.696. The molecule has 11 heavy (non-hydrogen) atoms. The van der Waals surface area contributed by atoms with Gasteiger partial charge in [-0.3, -0.25) is 0 Å². The van der Waals surface area contributed by atoms with Crippen LogP contribution in [0.3, 0.4) is 0 Å². The number of rotatable bonds is 7. The lowest BCUT2D eigenvalue weighted by atomic mass is 10.4. The molecule has 0 aliphatic heterocycles. The molecule has 0 saturated heterocycles. The van der Waals surface area contributed by atoms with Gasteiger partial charge in [-0.25, -0.2) is 0 Å². The third kappa shape index (κ3) is 9.88. The van der Waals surface area contributed by atoms with Gasteiger partial charge in [-0.05, 0) is 7.05 Å². The molecule has 0 aliphatic rings. The predicted octanol–water partition coefficient (Wildman–Crippen LogP) is 0.712. The second-order valence-electron chi connectivity index (χ2n) is 2.82. The Morgan fingerprint density at radius 3 is 2.45 bits per heavy atom. The van der Waals surface area contributed by atoms with Crippen LogP contribution in [0.15, 0.2) is 0 Å². The van der Waals surface area contributed by atoms with E-state index in [0.29, 0.717) is 6.04 Å². The van der Waals surface area contributed by atoms with E-state index < -0.39 is 0 Å². The van der Waals surface area contributed by atoms with Gasteiger partial charge in [0.05, 0.1) is 13.2 Å². The molecule has 0 aliphatic carbocycles. The quantitative estimate of drug-likeness (QED) is 0.544. The summed E-state index contributed by atoms with van der Waals surface area (Å²) in [7, 11) is 1.93. The normalized spacial score (nSPS) is 10.9. The van der Waals surface area contributed by atoms with Crippen LogP contribution in [0.2, 0.25) is 0 Å². The highest BCUT2D eigenvalue weighted by molar-refractivity contribution is 4.50. The van der Waals surface area contributed by atoms with Crippen LogP contribution in [0.5, 0.6) is 0 Å². The standard InChI is InChI=1S/C8H20N2O.2H2/c1-8(2)10-5-7-11-6-4-9-3;;/h8-10H,4-7H2,1-3H3;2*1H. The maximum Gasteiger partial charge on any atom is 0.0591 e. The molecule has 0 spiro atoms. The van der Waals surface area contributed by atoms with Crippen molar-refractivity contribution in [2.45, 2.75) is 19.9 Å². The minimum Gasteiger partial charge on any atom is -0.379 e. The Bertz CT molecular complexity index is 84.5. The van der Waals surface area contributed by atoms with E-state index in [1.54, 1.807) is 0 Å². The third-order valence-corrected chi connectivity index (χ3v) is 1.30. The molecule has 0 amide bonds. The molecular weight excluding hydrogens is 140 g/mol. The summed E-state index contributed by atoms with van der Waals surface area (Å²) in [5, 5.41) is 6.30. The summed E-state index contributed by atoms with van der Waals surface area (Å²) in [6.45, 7) is 7.75. The van der Waals surface area contributed by atoms with Crippen molar-refractivity contribution in [1.29, 1.82) is 0 Å². The Hall–Kier alpha value is -0.120. The van der Waals surface area contributed by atoms with Gasteiger partial charge in [-0.1, -0.05) is 13.8 Å². The first-order chi connectivity index (χ1) is 5.27. The molecule has 72 valence electrons. The van der Waals surface area contributed by atoms with Crippen LogP contribution in [0.25, 0.3) is 0 Å². The van der Waals surface area contributed by atoms with Gasteiger partial charge in [0.1, 0.15) is 0 Å². The first kappa shape index (κ1) is 10.9. The maximum absolute atomic E-state index is 5.30. The highest BCUT2D eigenvalue weighted by Crippen LogP contribution is 1.76. The summed E-state index contributed by atoms with van der Waals surface area (Å²) >= 11 is 0. The molecule has 3 heteroatoms. The van der Waals surface area contributed by atoms with E-state index in [9.17, 15) is 0 Å². The smallest absolute Gasteiger partial charge is 0.0591 e. The number of hydrogen-bond donors (Lipinski definition) is 2. The fraction of sp³-hybridized carbons (Fsp3) is 1.00. The number of likely N-dealkylation sites (N-methyl/N-ethyl adjacent to an activating group) is 1. The van der Waals surface area contributed by atoms with Crippen molar-refractivity contribution in [3.8, 4) is 0 Å². The van der Waals surface area contributed by atoms with Gasteiger partial charge in [0, 0.05) is 22.0 Å². The highest BCUT2D eigenvalue weighted by Gasteiger charge is 1.90. The lowest BCUT2D eigenvalue weighted by molar-refractivity contribution is 0.137. The van der Waals surface area contributed by atoms with E-state index in [0.717, 1.165) is 26.3 Å². The summed E-state index contributed by atoms with van der Waals surface area (Å²) in [6, 6.07) is 0.558. The van der Waals surface area contributed by atoms with Crippen LogP contribution in [-0.2, 0) is 4.74 Å². The van der Waals surface area contributed by atoms with E-state index in [-0.39, 0.29) is 2.85 Å². The van der Waals surface area contributed by atoms with Crippen LogP contribution in [0.1, 0.15) is 16.7 Å². The molecule has 0 unspecified atom stereocenters. The van der Waals surface area contributed by atoms with Gasteiger partial charge in [0.25, 0.3) is 0 Å². The monoisotopic (exact) mass is 164 g/mol. The van der Waals surface area contributed by atoms with Crippen molar-refractivity contribution in [2.24, 2.45) is 0 Å². The summed E-state index contributed by atoms with van der Waals surface area (Å²) in [6.07, 6.45) is 0. The van der Waals surface area contributed by atoms with Gasteiger partial charge in [0.2, 0.25) is 0 Å². The van der Waals surface area contributed by atoms with Crippen molar-refractivity contribution >= 4 is 0 Å². The minimum absolute atomic E-state index is 0. The van der Waals surface area contributed by atoms with Gasteiger partial charge in [-0.2, -0.15) is 0 Å². The van der Waals surface area contributed by atoms with E-state index >= 15 is 0 Å². The van der Waals surface area contributed by atoms with Gasteiger partial charge in [-0.15, -0.1) is 0 Å². The Morgan fingerprint density at radius 1 is 1.27 bits per heavy atom. The van der Waals surface area contributed by atoms with Crippen LogP contribution in [0, 0.1) is 0 Å². The molecule has 0 fully saturated rings. The SMILES string of the molecule is CNCCOCCNC(C)C.[HH].[HH]. The molecule has 0 bridgehead atoms. The zero-order valence-electron chi connectivity index (χ0n) is 7.81. The highest BCUT2D eigenvalue weighted by atomic mass is 16.5. The fourth-order valence-corrected chi connectivity index (χ4v) is 0.696. The van der Waals surface area contributed by atoms with E-state index in [1.165, 1.54) is 0 Å². The molecule has 0 saturated carbocycles. The van der Waals surface area contributed by atoms with Crippen LogP contribution in [0.4, 0.5) is 0 Å². The van der Waals surface area contributed by atoms with E-state index in [4.69, 9.17) is 4.74 Å². The number of hydrogen-bond acceptors (Lipinski definition) is 3. The lowest BCUT2D eigenvalue weighted by Gasteiger charge is -2.07. The summed E-state index contributed by atoms with van der Waals surface area (Å²) in [5.41, 5.74) is 0. The van der Waals surface area contributed by atoms with Gasteiger partial charge < -0.3 is 15.4 Å². The second kappa shape index (κ2) is 7.98. The molecule has 3 nitrogen and oxygen atoms in total. The molecule has 0 aromatic carbocycles. The molecule has 0 atom stereocenters. The Kier molecular flexibility index (Phi) is 7.89. The average Bonchev–Trinajstić information content (AvgIpc) is 1.96. The molecule has 0 aromatic heterocycles. The average molecular weight is 164 g/mol. The Morgan fingerprint density at radius 2 is 1.91 bits per heavy atom. The minimum atomic E-state index is 0. The number of nitrogens with one attached hydrogen (secondary N) is 2. The van der Waals surface area contributed by atoms with Crippen molar-refractivity contribution in [3.05, 3.63) is 0 Å². The third-order valence-electron chi connectivity index (χ3n) is 1.30. The van der Waals surface area contributed by atoms with Gasteiger partial charge in [0.15, 0.2) is 0 Å². The molecule has 0 heterocycles.